The van der Waals surface area contributed by atoms with Crippen molar-refractivity contribution >= 4 is 45.9 Å². The first kappa shape index (κ1) is 21.8. The molecule has 1 aromatic rings. The number of carbonyl (C=O) groups excluding carboxylic acids is 2. The summed E-state index contributed by atoms with van der Waals surface area (Å²) in [6, 6.07) is 0.106. The lowest BCUT2D eigenvalue weighted by atomic mass is 9.91. The SMILES string of the molecule is CC=[N+]=C(NC1CCc2sc(NC(=O)C3CC3)c(C(=O)NCC3CC3)c2C1)C(=N)CC. The zero-order chi connectivity index (χ0) is 22.0. The Kier molecular flexibility index (Phi) is 6.58. The number of rotatable bonds is 8. The van der Waals surface area contributed by atoms with Crippen molar-refractivity contribution in [2.45, 2.75) is 71.3 Å². The van der Waals surface area contributed by atoms with Crippen LogP contribution in [-0.2, 0) is 17.6 Å². The fraction of sp³-hybridized carbons (Fsp3) is 0.609. The Morgan fingerprint density at radius 1 is 1.23 bits per heavy atom. The Morgan fingerprint density at radius 2 is 2.00 bits per heavy atom. The van der Waals surface area contributed by atoms with Crippen LogP contribution in [0.25, 0.3) is 0 Å². The Morgan fingerprint density at radius 3 is 2.65 bits per heavy atom. The van der Waals surface area contributed by atoms with Gasteiger partial charge in [-0.25, -0.2) is 4.67 Å². The molecule has 0 bridgehead atoms. The summed E-state index contributed by atoms with van der Waals surface area (Å²) in [6.07, 6.45) is 9.00. The molecule has 4 rings (SSSR count). The molecule has 1 atom stereocenters. The fourth-order valence-corrected chi connectivity index (χ4v) is 5.18. The molecule has 1 unspecified atom stereocenters. The highest BCUT2D eigenvalue weighted by atomic mass is 32.1. The van der Waals surface area contributed by atoms with Crippen molar-refractivity contribution in [1.29, 1.82) is 5.41 Å². The van der Waals surface area contributed by atoms with E-state index in [1.807, 2.05) is 13.8 Å². The summed E-state index contributed by atoms with van der Waals surface area (Å²) in [4.78, 5) is 26.8. The molecule has 0 saturated heterocycles. The second-order valence-corrected chi connectivity index (χ2v) is 9.88. The van der Waals surface area contributed by atoms with E-state index < -0.39 is 0 Å². The van der Waals surface area contributed by atoms with Gasteiger partial charge in [0.05, 0.1) is 11.6 Å². The highest BCUT2D eigenvalue weighted by Crippen LogP contribution is 2.40. The van der Waals surface area contributed by atoms with Crippen molar-refractivity contribution in [3.63, 3.8) is 0 Å². The van der Waals surface area contributed by atoms with Gasteiger partial charge in [0.25, 0.3) is 5.91 Å². The molecule has 4 N–H and O–H groups in total. The molecular weight excluding hydrogens is 410 g/mol. The number of hydrogen-bond donors (Lipinski definition) is 4. The van der Waals surface area contributed by atoms with Crippen LogP contribution in [0.2, 0.25) is 0 Å². The van der Waals surface area contributed by atoms with Gasteiger partial charge in [0.2, 0.25) is 5.91 Å². The first-order valence-corrected chi connectivity index (χ1v) is 12.2. The molecule has 31 heavy (non-hydrogen) atoms. The van der Waals surface area contributed by atoms with Gasteiger partial charge in [-0.2, -0.15) is 0 Å². The molecule has 0 aliphatic heterocycles. The number of carbonyl (C=O) groups is 2. The summed E-state index contributed by atoms with van der Waals surface area (Å²) in [7, 11) is 0. The third-order valence-corrected chi connectivity index (χ3v) is 7.37. The lowest BCUT2D eigenvalue weighted by Crippen LogP contribution is -2.43. The summed E-state index contributed by atoms with van der Waals surface area (Å²) in [5.41, 5.74) is 2.16. The molecule has 8 heteroatoms. The van der Waals surface area contributed by atoms with E-state index in [-0.39, 0.29) is 23.8 Å². The molecule has 1 heterocycles. The van der Waals surface area contributed by atoms with Crippen LogP contribution < -0.4 is 20.6 Å². The van der Waals surface area contributed by atoms with Crippen molar-refractivity contribution in [3.05, 3.63) is 16.0 Å². The van der Waals surface area contributed by atoms with Crippen molar-refractivity contribution in [2.75, 3.05) is 11.9 Å². The summed E-state index contributed by atoms with van der Waals surface area (Å²) >= 11 is 1.56. The van der Waals surface area contributed by atoms with E-state index in [9.17, 15) is 9.59 Å². The standard InChI is InChI=1S/C23H31N5O2S/c1-3-17(24)20(25-4-2)27-15-9-10-18-16(11-15)19(22(30)26-12-13-5-6-13)23(31-18)28-21(29)14-7-8-14/h4,13-15,24H,3,5-12H2,1-2H3,(H2,26,28,29,30)/p+1. The molecule has 166 valence electrons. The quantitative estimate of drug-likeness (QED) is 0.282. The van der Waals surface area contributed by atoms with Gasteiger partial charge in [-0.3, -0.25) is 20.3 Å². The van der Waals surface area contributed by atoms with Gasteiger partial charge in [0.15, 0.2) is 6.21 Å². The van der Waals surface area contributed by atoms with Crippen molar-refractivity contribution in [3.8, 4) is 0 Å². The van der Waals surface area contributed by atoms with Crippen LogP contribution >= 0.6 is 11.3 Å². The maximum absolute atomic E-state index is 13.1. The summed E-state index contributed by atoms with van der Waals surface area (Å²) in [6.45, 7) is 4.50. The van der Waals surface area contributed by atoms with Gasteiger partial charge < -0.3 is 10.6 Å². The minimum absolute atomic E-state index is 0.0359. The molecular formula is C23H32N5O2S+. The van der Waals surface area contributed by atoms with Crippen LogP contribution in [0, 0.1) is 17.2 Å². The number of nitrogens with one attached hydrogen (secondary N) is 4. The number of amidine groups is 1. The highest BCUT2D eigenvalue weighted by molar-refractivity contribution is 7.17. The zero-order valence-electron chi connectivity index (χ0n) is 18.3. The largest absolute Gasteiger partial charge is 0.388 e. The summed E-state index contributed by atoms with van der Waals surface area (Å²) in [5.74, 6) is 1.26. The van der Waals surface area contributed by atoms with Crippen LogP contribution in [0.4, 0.5) is 5.00 Å². The predicted octanol–water partition coefficient (Wildman–Crippen LogP) is 2.67. The van der Waals surface area contributed by atoms with Gasteiger partial charge >= 0.3 is 5.84 Å². The van der Waals surface area contributed by atoms with Gasteiger partial charge in [0, 0.05) is 30.7 Å². The summed E-state index contributed by atoms with van der Waals surface area (Å²) in [5, 5.41) is 18.5. The minimum atomic E-state index is -0.0757. The first-order chi connectivity index (χ1) is 15.0. The predicted molar refractivity (Wildman–Crippen MR) is 127 cm³/mol. The van der Waals surface area contributed by atoms with E-state index in [1.54, 1.807) is 17.6 Å². The van der Waals surface area contributed by atoms with E-state index in [0.717, 1.165) is 31.2 Å². The van der Waals surface area contributed by atoms with Crippen molar-refractivity contribution in [2.24, 2.45) is 11.8 Å². The highest BCUT2D eigenvalue weighted by Gasteiger charge is 2.35. The Balaban J connectivity index is 1.56. The van der Waals surface area contributed by atoms with Crippen LogP contribution in [0.15, 0.2) is 0 Å². The lowest BCUT2D eigenvalue weighted by Gasteiger charge is -2.20. The number of fused-ring (bicyclic) bond motifs is 1. The molecule has 0 aromatic carbocycles. The molecule has 2 saturated carbocycles. The van der Waals surface area contributed by atoms with Crippen LogP contribution in [0.5, 0.6) is 0 Å². The monoisotopic (exact) mass is 442 g/mol. The third-order valence-electron chi connectivity index (χ3n) is 6.16. The molecule has 0 spiro atoms. The van der Waals surface area contributed by atoms with E-state index in [2.05, 4.69) is 20.6 Å². The molecule has 3 aliphatic carbocycles. The molecule has 2 amide bonds. The molecule has 1 aromatic heterocycles. The number of amides is 2. The molecule has 7 nitrogen and oxygen atoms in total. The number of anilines is 1. The maximum atomic E-state index is 13.1. The van der Waals surface area contributed by atoms with E-state index in [0.29, 0.717) is 47.4 Å². The van der Waals surface area contributed by atoms with Gasteiger partial charge in [-0.05, 0) is 56.4 Å². The average Bonchev–Trinajstić information content (AvgIpc) is 3.67. The van der Waals surface area contributed by atoms with E-state index in [4.69, 9.17) is 5.41 Å². The van der Waals surface area contributed by atoms with E-state index >= 15 is 0 Å². The average molecular weight is 443 g/mol. The second kappa shape index (κ2) is 9.37. The second-order valence-electron chi connectivity index (χ2n) is 8.78. The van der Waals surface area contributed by atoms with Crippen molar-refractivity contribution < 1.29 is 9.59 Å². The number of aryl methyl sites for hydroxylation is 1. The Labute approximate surface area is 187 Å². The van der Waals surface area contributed by atoms with Crippen LogP contribution in [0.1, 0.15) is 73.2 Å². The van der Waals surface area contributed by atoms with E-state index in [1.165, 1.54) is 17.7 Å². The minimum Gasteiger partial charge on any atom is -0.352 e. The number of hydrogen-bond acceptors (Lipinski definition) is 4. The normalized spacial score (nSPS) is 19.6. The zero-order valence-corrected chi connectivity index (χ0v) is 19.2. The Bertz CT molecular complexity index is 951. The van der Waals surface area contributed by atoms with Gasteiger partial charge in [0.1, 0.15) is 10.7 Å². The van der Waals surface area contributed by atoms with Crippen LogP contribution in [0.3, 0.4) is 0 Å². The lowest BCUT2D eigenvalue weighted by molar-refractivity contribution is -0.117. The van der Waals surface area contributed by atoms with Gasteiger partial charge in [-0.1, -0.05) is 6.92 Å². The molecule has 2 fully saturated rings. The molecule has 0 radical (unpaired) electrons. The number of thiophene rings is 1. The van der Waals surface area contributed by atoms with Crippen LogP contribution in [-0.4, -0.2) is 42.2 Å². The van der Waals surface area contributed by atoms with Gasteiger partial charge in [-0.15, -0.1) is 11.3 Å². The third kappa shape index (κ3) is 5.25. The molecule has 3 aliphatic rings. The fourth-order valence-electron chi connectivity index (χ4n) is 3.93. The number of nitrogens with zero attached hydrogens (tertiary/aromatic N) is 1. The topological polar surface area (TPSA) is 108 Å². The summed E-state index contributed by atoms with van der Waals surface area (Å²) < 4.78 is 4.35. The smallest absolute Gasteiger partial charge is 0.352 e. The Hall–Kier alpha value is -2.44. The van der Waals surface area contributed by atoms with Crippen molar-refractivity contribution in [1.82, 2.24) is 15.3 Å². The maximum Gasteiger partial charge on any atom is 0.388 e. The first-order valence-electron chi connectivity index (χ1n) is 11.4.